The van der Waals surface area contributed by atoms with Crippen molar-refractivity contribution in [2.24, 2.45) is 5.92 Å². The number of nitrogens with one attached hydrogen (secondary N) is 1. The van der Waals surface area contributed by atoms with Crippen molar-refractivity contribution in [1.29, 1.82) is 0 Å². The molecule has 1 atom stereocenters. The molecule has 1 fully saturated rings. The van der Waals surface area contributed by atoms with Gasteiger partial charge in [-0.2, -0.15) is 0 Å². The maximum atomic E-state index is 13.2. The Morgan fingerprint density at radius 1 is 1.21 bits per heavy atom. The van der Waals surface area contributed by atoms with Gasteiger partial charge in [-0.3, -0.25) is 4.79 Å². The molecule has 1 aliphatic heterocycles. The van der Waals surface area contributed by atoms with E-state index in [-0.39, 0.29) is 11.7 Å². The minimum atomic E-state index is -0.260. The number of piperidine rings is 1. The van der Waals surface area contributed by atoms with Gasteiger partial charge in [0.05, 0.1) is 0 Å². The standard InChI is InChI=1S/C23H30FN3O/c1-17(2)27-13-5-6-18(16-27)15-25-23(28)19-7-4-8-22(14-19)26(3)21-11-9-20(24)10-12-21/h4,7-12,14,17-18H,5-6,13,15-16H2,1-3H3,(H,25,28). The van der Waals surface area contributed by atoms with Crippen molar-refractivity contribution < 1.29 is 9.18 Å². The summed E-state index contributed by atoms with van der Waals surface area (Å²) in [5.41, 5.74) is 2.40. The minimum Gasteiger partial charge on any atom is -0.352 e. The van der Waals surface area contributed by atoms with Gasteiger partial charge in [0.15, 0.2) is 0 Å². The van der Waals surface area contributed by atoms with Gasteiger partial charge in [-0.05, 0) is 81.6 Å². The maximum absolute atomic E-state index is 13.2. The van der Waals surface area contributed by atoms with Crippen molar-refractivity contribution >= 4 is 17.3 Å². The van der Waals surface area contributed by atoms with Crippen LogP contribution in [0, 0.1) is 11.7 Å². The summed E-state index contributed by atoms with van der Waals surface area (Å²) in [6, 6.07) is 14.4. The van der Waals surface area contributed by atoms with E-state index >= 15 is 0 Å². The van der Waals surface area contributed by atoms with Crippen molar-refractivity contribution in [3.8, 4) is 0 Å². The molecule has 0 saturated carbocycles. The highest BCUT2D eigenvalue weighted by Crippen LogP contribution is 2.24. The third-order valence-electron chi connectivity index (χ3n) is 5.54. The van der Waals surface area contributed by atoms with Crippen LogP contribution in [0.25, 0.3) is 0 Å². The van der Waals surface area contributed by atoms with Crippen LogP contribution in [0.3, 0.4) is 0 Å². The highest BCUT2D eigenvalue weighted by molar-refractivity contribution is 5.95. The molecular weight excluding hydrogens is 353 g/mol. The average molecular weight is 384 g/mol. The number of carbonyl (C=O) groups is 1. The Balaban J connectivity index is 1.61. The molecule has 1 saturated heterocycles. The number of rotatable bonds is 6. The molecule has 4 nitrogen and oxygen atoms in total. The molecule has 3 rings (SSSR count). The van der Waals surface area contributed by atoms with Crippen LogP contribution in [0.4, 0.5) is 15.8 Å². The lowest BCUT2D eigenvalue weighted by atomic mass is 9.97. The largest absolute Gasteiger partial charge is 0.352 e. The van der Waals surface area contributed by atoms with Crippen LogP contribution in [0.2, 0.25) is 0 Å². The lowest BCUT2D eigenvalue weighted by molar-refractivity contribution is 0.0922. The van der Waals surface area contributed by atoms with Gasteiger partial charge in [0.25, 0.3) is 5.91 Å². The third kappa shape index (κ3) is 5.10. The number of carbonyl (C=O) groups excluding carboxylic acids is 1. The number of anilines is 2. The molecule has 0 bridgehead atoms. The third-order valence-corrected chi connectivity index (χ3v) is 5.54. The molecule has 2 aromatic rings. The molecule has 150 valence electrons. The van der Waals surface area contributed by atoms with Crippen molar-refractivity contribution in [3.63, 3.8) is 0 Å². The molecule has 1 N–H and O–H groups in total. The molecule has 0 radical (unpaired) electrons. The van der Waals surface area contributed by atoms with E-state index in [0.717, 1.165) is 30.9 Å². The molecule has 1 unspecified atom stereocenters. The fraction of sp³-hybridized carbons (Fsp3) is 0.435. The highest BCUT2D eigenvalue weighted by Gasteiger charge is 2.22. The van der Waals surface area contributed by atoms with Crippen LogP contribution in [0.15, 0.2) is 48.5 Å². The quantitative estimate of drug-likeness (QED) is 0.801. The lowest BCUT2D eigenvalue weighted by Crippen LogP contribution is -2.43. The molecule has 0 aromatic heterocycles. The summed E-state index contributed by atoms with van der Waals surface area (Å²) in [4.78, 5) is 17.1. The summed E-state index contributed by atoms with van der Waals surface area (Å²) in [7, 11) is 1.91. The van der Waals surface area contributed by atoms with Crippen molar-refractivity contribution in [2.75, 3.05) is 31.6 Å². The molecule has 5 heteroatoms. The maximum Gasteiger partial charge on any atom is 0.251 e. The van der Waals surface area contributed by atoms with E-state index in [9.17, 15) is 9.18 Å². The SMILES string of the molecule is CC(C)N1CCCC(CNC(=O)c2cccc(N(C)c3ccc(F)cc3)c2)C1. The highest BCUT2D eigenvalue weighted by atomic mass is 19.1. The van der Waals surface area contributed by atoms with E-state index in [1.807, 2.05) is 36.2 Å². The predicted octanol–water partition coefficient (Wildman–Crippen LogP) is 4.44. The van der Waals surface area contributed by atoms with E-state index in [1.54, 1.807) is 12.1 Å². The number of nitrogens with zero attached hydrogens (tertiary/aromatic N) is 2. The van der Waals surface area contributed by atoms with Crippen LogP contribution in [0.1, 0.15) is 37.0 Å². The Labute approximate surface area is 167 Å². The number of amides is 1. The molecule has 28 heavy (non-hydrogen) atoms. The van der Waals surface area contributed by atoms with Crippen molar-refractivity contribution in [2.45, 2.75) is 32.7 Å². The monoisotopic (exact) mass is 383 g/mol. The fourth-order valence-corrected chi connectivity index (χ4v) is 3.74. The van der Waals surface area contributed by atoms with E-state index in [4.69, 9.17) is 0 Å². The summed E-state index contributed by atoms with van der Waals surface area (Å²) < 4.78 is 13.2. The smallest absolute Gasteiger partial charge is 0.251 e. The number of likely N-dealkylation sites (tertiary alicyclic amines) is 1. The topological polar surface area (TPSA) is 35.6 Å². The number of benzene rings is 2. The number of hydrogen-bond acceptors (Lipinski definition) is 3. The normalized spacial score (nSPS) is 17.5. The molecule has 1 heterocycles. The van der Waals surface area contributed by atoms with Gasteiger partial charge < -0.3 is 15.1 Å². The van der Waals surface area contributed by atoms with E-state index in [1.165, 1.54) is 18.6 Å². The zero-order valence-corrected chi connectivity index (χ0v) is 17.0. The van der Waals surface area contributed by atoms with Gasteiger partial charge in [-0.25, -0.2) is 4.39 Å². The molecule has 1 amide bonds. The summed E-state index contributed by atoms with van der Waals surface area (Å²) in [5.74, 6) is 0.199. The first-order chi connectivity index (χ1) is 13.4. The van der Waals surface area contributed by atoms with Gasteiger partial charge in [-0.1, -0.05) is 6.07 Å². The molecule has 0 spiro atoms. The minimum absolute atomic E-state index is 0.0453. The molecular formula is C23H30FN3O. The van der Waals surface area contributed by atoms with Crippen LogP contribution >= 0.6 is 0 Å². The first-order valence-corrected chi connectivity index (χ1v) is 10.1. The van der Waals surface area contributed by atoms with Gasteiger partial charge in [0.1, 0.15) is 5.82 Å². The second-order valence-electron chi connectivity index (χ2n) is 7.89. The zero-order valence-electron chi connectivity index (χ0n) is 17.0. The second-order valence-corrected chi connectivity index (χ2v) is 7.89. The van der Waals surface area contributed by atoms with E-state index in [0.29, 0.717) is 24.1 Å². The van der Waals surface area contributed by atoms with Gasteiger partial charge in [-0.15, -0.1) is 0 Å². The summed E-state index contributed by atoms with van der Waals surface area (Å²) in [6.07, 6.45) is 2.35. The predicted molar refractivity (Wildman–Crippen MR) is 113 cm³/mol. The Morgan fingerprint density at radius 2 is 1.96 bits per heavy atom. The van der Waals surface area contributed by atoms with Gasteiger partial charge in [0.2, 0.25) is 0 Å². The summed E-state index contributed by atoms with van der Waals surface area (Å²) in [6.45, 7) is 7.36. The Hall–Kier alpha value is -2.40. The van der Waals surface area contributed by atoms with E-state index < -0.39 is 0 Å². The summed E-state index contributed by atoms with van der Waals surface area (Å²) >= 11 is 0. The molecule has 2 aromatic carbocycles. The molecule has 1 aliphatic rings. The fourth-order valence-electron chi connectivity index (χ4n) is 3.74. The first kappa shape index (κ1) is 20.3. The second kappa shape index (κ2) is 9.20. The average Bonchev–Trinajstić information content (AvgIpc) is 2.72. The van der Waals surface area contributed by atoms with Crippen LogP contribution in [-0.2, 0) is 0 Å². The Morgan fingerprint density at radius 3 is 2.68 bits per heavy atom. The van der Waals surface area contributed by atoms with Crippen LogP contribution in [0.5, 0.6) is 0 Å². The van der Waals surface area contributed by atoms with Crippen LogP contribution in [-0.4, -0.2) is 43.5 Å². The first-order valence-electron chi connectivity index (χ1n) is 10.1. The molecule has 0 aliphatic carbocycles. The zero-order chi connectivity index (χ0) is 20.1. The Kier molecular flexibility index (Phi) is 6.68. The van der Waals surface area contributed by atoms with Crippen molar-refractivity contribution in [1.82, 2.24) is 10.2 Å². The van der Waals surface area contributed by atoms with Gasteiger partial charge in [0, 0.05) is 43.1 Å². The number of halogens is 1. The van der Waals surface area contributed by atoms with Gasteiger partial charge >= 0.3 is 0 Å². The lowest BCUT2D eigenvalue weighted by Gasteiger charge is -2.35. The van der Waals surface area contributed by atoms with E-state index in [2.05, 4.69) is 24.1 Å². The summed E-state index contributed by atoms with van der Waals surface area (Å²) in [5, 5.41) is 3.11. The Bertz CT molecular complexity index is 791. The number of hydrogen-bond donors (Lipinski definition) is 1. The van der Waals surface area contributed by atoms with Crippen LogP contribution < -0.4 is 10.2 Å². The van der Waals surface area contributed by atoms with Crippen molar-refractivity contribution in [3.05, 3.63) is 59.9 Å².